The monoisotopic (exact) mass is 249 g/mol. The molecule has 0 fully saturated rings. The number of amides is 1. The van der Waals surface area contributed by atoms with Crippen LogP contribution in [0.2, 0.25) is 0 Å². The van der Waals surface area contributed by atoms with Crippen molar-refractivity contribution in [1.82, 2.24) is 5.32 Å². The Labute approximate surface area is 103 Å². The van der Waals surface area contributed by atoms with Gasteiger partial charge in [-0.1, -0.05) is 18.2 Å². The highest BCUT2D eigenvalue weighted by Gasteiger charge is 2.28. The molecule has 0 saturated carbocycles. The summed E-state index contributed by atoms with van der Waals surface area (Å²) in [4.78, 5) is 13.0. The standard InChI is InChI=1S/C13H15NO2S/c1-13(2,3)14-12(15)11-8-9-6-4-5-7-10(9)17(11)16/h4-8H,1-3H3,(H,14,15). The molecule has 1 aliphatic heterocycles. The van der Waals surface area contributed by atoms with Crippen LogP contribution in [0, 0.1) is 0 Å². The van der Waals surface area contributed by atoms with Crippen molar-refractivity contribution in [3.8, 4) is 0 Å². The molecule has 1 atom stereocenters. The number of fused-ring (bicyclic) bond motifs is 1. The van der Waals surface area contributed by atoms with Gasteiger partial charge in [0.15, 0.2) is 0 Å². The average Bonchev–Trinajstić information content (AvgIpc) is 2.55. The molecule has 1 amide bonds. The van der Waals surface area contributed by atoms with E-state index in [9.17, 15) is 9.00 Å². The van der Waals surface area contributed by atoms with Crippen molar-refractivity contribution in [3.05, 3.63) is 34.7 Å². The molecule has 0 spiro atoms. The van der Waals surface area contributed by atoms with Crippen molar-refractivity contribution in [3.63, 3.8) is 0 Å². The van der Waals surface area contributed by atoms with Gasteiger partial charge in [0, 0.05) is 5.54 Å². The fourth-order valence-electron chi connectivity index (χ4n) is 1.63. The summed E-state index contributed by atoms with van der Waals surface area (Å²) in [6.07, 6.45) is 1.70. The molecule has 0 radical (unpaired) electrons. The summed E-state index contributed by atoms with van der Waals surface area (Å²) >= 11 is 0. The summed E-state index contributed by atoms with van der Waals surface area (Å²) < 4.78 is 12.1. The summed E-state index contributed by atoms with van der Waals surface area (Å²) in [7, 11) is -1.35. The Morgan fingerprint density at radius 3 is 2.47 bits per heavy atom. The Bertz CT molecular complexity index is 526. The van der Waals surface area contributed by atoms with Crippen molar-refractivity contribution < 1.29 is 9.00 Å². The maximum atomic E-state index is 12.1. The first kappa shape index (κ1) is 12.0. The zero-order chi connectivity index (χ0) is 12.6. The Kier molecular flexibility index (Phi) is 2.91. The third-order valence-corrected chi connectivity index (χ3v) is 3.79. The van der Waals surface area contributed by atoms with Gasteiger partial charge in [-0.3, -0.25) is 4.79 Å². The van der Waals surface area contributed by atoms with Crippen LogP contribution in [0.3, 0.4) is 0 Å². The summed E-state index contributed by atoms with van der Waals surface area (Å²) in [5, 5.41) is 2.83. The number of nitrogens with one attached hydrogen (secondary N) is 1. The van der Waals surface area contributed by atoms with Crippen LogP contribution >= 0.6 is 0 Å². The molecule has 0 aromatic heterocycles. The topological polar surface area (TPSA) is 46.2 Å². The molecular formula is C13H15NO2S. The van der Waals surface area contributed by atoms with E-state index in [1.54, 1.807) is 12.1 Å². The summed E-state index contributed by atoms with van der Waals surface area (Å²) in [6.45, 7) is 5.70. The normalized spacial score (nSPS) is 18.5. The van der Waals surface area contributed by atoms with Crippen molar-refractivity contribution in [1.29, 1.82) is 0 Å². The molecular weight excluding hydrogens is 234 g/mol. The van der Waals surface area contributed by atoms with Gasteiger partial charge in [0.2, 0.25) is 0 Å². The molecule has 3 nitrogen and oxygen atoms in total. The number of rotatable bonds is 1. The highest BCUT2D eigenvalue weighted by Crippen LogP contribution is 2.29. The van der Waals surface area contributed by atoms with Crippen LogP contribution in [0.4, 0.5) is 0 Å². The molecule has 1 heterocycles. The first-order valence-electron chi connectivity index (χ1n) is 5.43. The van der Waals surface area contributed by atoms with Crippen LogP contribution in [0.1, 0.15) is 26.3 Å². The first-order chi connectivity index (χ1) is 7.88. The van der Waals surface area contributed by atoms with Gasteiger partial charge < -0.3 is 5.32 Å². The van der Waals surface area contributed by atoms with E-state index in [2.05, 4.69) is 5.32 Å². The molecule has 1 aliphatic rings. The number of carbonyl (C=O) groups is 1. The Morgan fingerprint density at radius 2 is 1.88 bits per heavy atom. The van der Waals surface area contributed by atoms with E-state index in [1.165, 1.54) is 0 Å². The predicted molar refractivity (Wildman–Crippen MR) is 68.7 cm³/mol. The van der Waals surface area contributed by atoms with Gasteiger partial charge in [-0.05, 0) is 38.5 Å². The quantitative estimate of drug-likeness (QED) is 0.828. The second-order valence-corrected chi connectivity index (χ2v) is 6.44. The molecule has 1 N–H and O–H groups in total. The van der Waals surface area contributed by atoms with E-state index in [0.29, 0.717) is 9.80 Å². The van der Waals surface area contributed by atoms with E-state index >= 15 is 0 Å². The summed E-state index contributed by atoms with van der Waals surface area (Å²) in [5.41, 5.74) is 0.543. The zero-order valence-electron chi connectivity index (χ0n) is 10.1. The van der Waals surface area contributed by atoms with Crippen LogP contribution < -0.4 is 5.32 Å². The van der Waals surface area contributed by atoms with E-state index in [4.69, 9.17) is 0 Å². The van der Waals surface area contributed by atoms with Gasteiger partial charge in [-0.15, -0.1) is 0 Å². The molecule has 2 rings (SSSR count). The second-order valence-electron chi connectivity index (χ2n) is 5.02. The van der Waals surface area contributed by atoms with Gasteiger partial charge in [-0.2, -0.15) is 0 Å². The van der Waals surface area contributed by atoms with Crippen LogP contribution in [0.25, 0.3) is 6.08 Å². The number of benzene rings is 1. The van der Waals surface area contributed by atoms with Crippen molar-refractivity contribution in [2.45, 2.75) is 31.2 Å². The fourth-order valence-corrected chi connectivity index (χ4v) is 2.87. The van der Waals surface area contributed by atoms with Crippen LogP contribution in [-0.2, 0) is 15.6 Å². The third-order valence-electron chi connectivity index (χ3n) is 2.32. The van der Waals surface area contributed by atoms with Crippen molar-refractivity contribution in [2.24, 2.45) is 0 Å². The maximum absolute atomic E-state index is 12.1. The minimum absolute atomic E-state index is 0.257. The molecule has 1 aromatic carbocycles. The van der Waals surface area contributed by atoms with Gasteiger partial charge in [-0.25, -0.2) is 4.21 Å². The lowest BCUT2D eigenvalue weighted by molar-refractivity contribution is -0.118. The molecule has 1 aromatic rings. The van der Waals surface area contributed by atoms with E-state index < -0.39 is 10.8 Å². The van der Waals surface area contributed by atoms with E-state index in [0.717, 1.165) is 5.56 Å². The van der Waals surface area contributed by atoms with E-state index in [-0.39, 0.29) is 11.4 Å². The number of hydrogen-bond donors (Lipinski definition) is 1. The summed E-state index contributed by atoms with van der Waals surface area (Å²) in [6, 6.07) is 7.36. The zero-order valence-corrected chi connectivity index (χ0v) is 10.9. The van der Waals surface area contributed by atoms with Crippen molar-refractivity contribution in [2.75, 3.05) is 0 Å². The van der Waals surface area contributed by atoms with Crippen LogP contribution in [-0.4, -0.2) is 15.7 Å². The minimum atomic E-state index is -1.35. The highest BCUT2D eigenvalue weighted by atomic mass is 32.2. The first-order valence-corrected chi connectivity index (χ1v) is 6.58. The smallest absolute Gasteiger partial charge is 0.261 e. The lowest BCUT2D eigenvalue weighted by atomic mass is 10.1. The Balaban J connectivity index is 2.27. The largest absolute Gasteiger partial charge is 0.347 e. The molecule has 17 heavy (non-hydrogen) atoms. The summed E-state index contributed by atoms with van der Waals surface area (Å²) in [5.74, 6) is -0.257. The number of hydrogen-bond acceptors (Lipinski definition) is 2. The molecule has 0 aliphatic carbocycles. The number of carbonyl (C=O) groups excluding carboxylic acids is 1. The van der Waals surface area contributed by atoms with Crippen LogP contribution in [0.5, 0.6) is 0 Å². The lowest BCUT2D eigenvalue weighted by Crippen LogP contribution is -2.41. The molecule has 90 valence electrons. The lowest BCUT2D eigenvalue weighted by Gasteiger charge is -2.20. The molecule has 0 bridgehead atoms. The van der Waals surface area contributed by atoms with Gasteiger partial charge in [0.05, 0.1) is 15.7 Å². The molecule has 0 saturated heterocycles. The highest BCUT2D eigenvalue weighted by molar-refractivity contribution is 7.90. The van der Waals surface area contributed by atoms with E-state index in [1.807, 2.05) is 39.0 Å². The van der Waals surface area contributed by atoms with Gasteiger partial charge in [0.25, 0.3) is 5.91 Å². The predicted octanol–water partition coefficient (Wildman–Crippen LogP) is 2.06. The minimum Gasteiger partial charge on any atom is -0.347 e. The molecule has 1 unspecified atom stereocenters. The van der Waals surface area contributed by atoms with Gasteiger partial charge >= 0.3 is 0 Å². The Hall–Kier alpha value is -1.42. The van der Waals surface area contributed by atoms with Gasteiger partial charge in [0.1, 0.15) is 4.91 Å². The maximum Gasteiger partial charge on any atom is 0.261 e. The molecule has 4 heteroatoms. The second kappa shape index (κ2) is 4.11. The SMILES string of the molecule is CC(C)(C)NC(=O)C1=Cc2ccccc2S1=O. The average molecular weight is 249 g/mol. The third kappa shape index (κ3) is 2.47. The van der Waals surface area contributed by atoms with Crippen molar-refractivity contribution >= 4 is 22.8 Å². The van der Waals surface area contributed by atoms with Crippen LogP contribution in [0.15, 0.2) is 34.1 Å². The Morgan fingerprint density at radius 1 is 1.24 bits per heavy atom. The fraction of sp³-hybridized carbons (Fsp3) is 0.308.